The molecule has 1 aliphatic rings. The van der Waals surface area contributed by atoms with Crippen LogP contribution in [0.25, 0.3) is 21.5 Å². The summed E-state index contributed by atoms with van der Waals surface area (Å²) in [6.07, 6.45) is 1.79. The van der Waals surface area contributed by atoms with Crippen molar-refractivity contribution in [2.75, 3.05) is 51.8 Å². The Morgan fingerprint density at radius 3 is 2.57 bits per heavy atom. The smallest absolute Gasteiger partial charge is 0.332 e. The van der Waals surface area contributed by atoms with Crippen LogP contribution in [0.3, 0.4) is 0 Å². The zero-order chi connectivity index (χ0) is 31.7. The third-order valence-electron chi connectivity index (χ3n) is 6.74. The van der Waals surface area contributed by atoms with Crippen LogP contribution in [-0.2, 0) is 31.0 Å². The first kappa shape index (κ1) is 32.4. The maximum atomic E-state index is 13.2. The number of H-pyrrole nitrogens is 2. The highest BCUT2D eigenvalue weighted by molar-refractivity contribution is 7.86. The van der Waals surface area contributed by atoms with Gasteiger partial charge in [-0.15, -0.1) is 3.89 Å². The highest BCUT2D eigenvalue weighted by Gasteiger charge is 2.39. The van der Waals surface area contributed by atoms with E-state index >= 15 is 0 Å². The summed E-state index contributed by atoms with van der Waals surface area (Å²) >= 11 is 0. The number of rotatable bonds is 15. The van der Waals surface area contributed by atoms with Crippen LogP contribution in [0.15, 0.2) is 45.3 Å². The summed E-state index contributed by atoms with van der Waals surface area (Å²) in [7, 11) is -4.93. The van der Waals surface area contributed by atoms with Crippen LogP contribution in [0, 0.1) is 0 Å². The number of amides is 2. The number of azide groups is 1. The maximum Gasteiger partial charge on any atom is 0.332 e. The van der Waals surface area contributed by atoms with Gasteiger partial charge in [-0.2, -0.15) is 13.4 Å². The highest BCUT2D eigenvalue weighted by Crippen LogP contribution is 2.24. The Labute approximate surface area is 250 Å². The Morgan fingerprint density at radius 1 is 1.18 bits per heavy atom. The average molecular weight is 635 g/mol. The van der Waals surface area contributed by atoms with Crippen LogP contribution in [-0.4, -0.2) is 98.2 Å². The van der Waals surface area contributed by atoms with E-state index in [-0.39, 0.29) is 49.8 Å². The molecular weight excluding hydrogens is 603 g/mol. The van der Waals surface area contributed by atoms with E-state index in [4.69, 9.17) is 20.7 Å². The summed E-state index contributed by atoms with van der Waals surface area (Å²) < 4.78 is 46.3. The second-order valence-electron chi connectivity index (χ2n) is 9.71. The third kappa shape index (κ3) is 8.29. The molecule has 2 atom stereocenters. The molecule has 44 heavy (non-hydrogen) atoms. The number of ether oxygens (including phenoxy) is 2. The van der Waals surface area contributed by atoms with E-state index in [2.05, 4.69) is 35.6 Å². The zero-order valence-corrected chi connectivity index (χ0v) is 24.2. The fourth-order valence-corrected chi connectivity index (χ4v) is 5.14. The zero-order valence-electron chi connectivity index (χ0n) is 23.4. The van der Waals surface area contributed by atoms with Gasteiger partial charge in [0.05, 0.1) is 42.8 Å². The lowest BCUT2D eigenvalue weighted by Crippen LogP contribution is -2.46. The Kier molecular flexibility index (Phi) is 10.9. The molecule has 0 aliphatic carbocycles. The molecule has 2 amide bonds. The fraction of sp³-hybridized carbons (Fsp3) is 0.440. The summed E-state index contributed by atoms with van der Waals surface area (Å²) in [6, 6.07) is 2.65. The van der Waals surface area contributed by atoms with E-state index < -0.39 is 39.0 Å². The molecular formula is C25H31FN10O7S. The van der Waals surface area contributed by atoms with Crippen molar-refractivity contribution in [2.45, 2.75) is 29.9 Å². The highest BCUT2D eigenvalue weighted by atomic mass is 32.3. The molecule has 1 unspecified atom stereocenters. The molecule has 2 aromatic heterocycles. The van der Waals surface area contributed by atoms with Crippen LogP contribution in [0.1, 0.15) is 22.3 Å². The molecule has 1 saturated heterocycles. The van der Waals surface area contributed by atoms with Crippen LogP contribution in [0.4, 0.5) is 9.83 Å². The van der Waals surface area contributed by atoms with Gasteiger partial charge in [-0.05, 0) is 41.8 Å². The first-order valence-corrected chi connectivity index (χ1v) is 14.9. The molecule has 0 radical (unpaired) electrons. The summed E-state index contributed by atoms with van der Waals surface area (Å²) in [5, 5.41) is 9.94. The van der Waals surface area contributed by atoms with Gasteiger partial charge >= 0.3 is 10.2 Å². The number of nitrogens with two attached hydrogens (primary N) is 1. The van der Waals surface area contributed by atoms with Crippen LogP contribution in [0.2, 0.25) is 0 Å². The van der Waals surface area contributed by atoms with Gasteiger partial charge < -0.3 is 35.7 Å². The fourth-order valence-electron chi connectivity index (χ4n) is 4.68. The second-order valence-corrected chi connectivity index (χ2v) is 11.1. The molecule has 1 fully saturated rings. The average Bonchev–Trinajstić information content (AvgIpc) is 3.59. The molecule has 1 aliphatic heterocycles. The minimum atomic E-state index is -4.93. The van der Waals surface area contributed by atoms with Crippen molar-refractivity contribution >= 4 is 39.0 Å². The Hall–Kier alpha value is -4.55. The van der Waals surface area contributed by atoms with Crippen LogP contribution < -0.4 is 21.9 Å². The molecule has 0 bridgehead atoms. The van der Waals surface area contributed by atoms with Gasteiger partial charge in [-0.1, -0.05) is 5.11 Å². The van der Waals surface area contributed by atoms with Gasteiger partial charge in [-0.3, -0.25) is 19.4 Å². The topological polar surface area (TPSA) is 250 Å². The lowest BCUT2D eigenvalue weighted by Gasteiger charge is -2.24. The number of nitrogens with one attached hydrogen (secondary N) is 4. The monoisotopic (exact) mass is 634 g/mol. The standard InChI is InChI=1S/C25H31FN10O7S/c26-44(40,41)18-3-1-15(2-4-18)24(39)36-14-17(34-35-28)11-19(36)22(37)30-6-8-43-10-9-42-7-5-29-12-16-13-31-21-20(16)23(38)33-25(27)32-21/h1-4,13,17,19,29H,5-12,14H2,(H,30,37)(H4,27,31,32,33,38)/t17?,19-/m0/s1. The minimum Gasteiger partial charge on any atom is -0.378 e. The quantitative estimate of drug-likeness (QED) is 0.0503. The minimum absolute atomic E-state index is 0.0146. The number of aromatic nitrogens is 3. The van der Waals surface area contributed by atoms with Crippen LogP contribution in [0.5, 0.6) is 0 Å². The van der Waals surface area contributed by atoms with E-state index in [1.54, 1.807) is 6.20 Å². The Balaban J connectivity index is 1.13. The number of nitrogens with zero attached hydrogens (tertiary/aromatic N) is 5. The number of nitrogen functional groups attached to an aromatic ring is 1. The number of carbonyl (C=O) groups is 2. The normalized spacial score (nSPS) is 16.6. The maximum absolute atomic E-state index is 13.2. The van der Waals surface area contributed by atoms with Crippen molar-refractivity contribution in [1.29, 1.82) is 0 Å². The van der Waals surface area contributed by atoms with Gasteiger partial charge in [0.15, 0.2) is 0 Å². The number of fused-ring (bicyclic) bond motifs is 1. The van der Waals surface area contributed by atoms with E-state index in [1.165, 1.54) is 4.90 Å². The summed E-state index contributed by atoms with van der Waals surface area (Å²) in [4.78, 5) is 50.9. The second kappa shape index (κ2) is 14.8. The number of likely N-dealkylation sites (tertiary alicyclic amines) is 1. The van der Waals surface area contributed by atoms with Crippen LogP contribution >= 0.6 is 0 Å². The summed E-state index contributed by atoms with van der Waals surface area (Å²) in [5.41, 5.74) is 15.3. The number of benzene rings is 1. The van der Waals surface area contributed by atoms with Crippen molar-refractivity contribution in [3.63, 3.8) is 0 Å². The molecule has 3 aromatic rings. The predicted octanol–water partition coefficient (Wildman–Crippen LogP) is 0.324. The molecule has 3 heterocycles. The lowest BCUT2D eigenvalue weighted by atomic mass is 10.1. The SMILES string of the molecule is [N-]=[N+]=NC1C[C@@H](C(=O)NCCOCCOCCNCc2c[nH]c3nc(N)[nH]c(=O)c23)N(C(=O)c2ccc(S(=O)(=O)F)cc2)C1. The van der Waals surface area contributed by atoms with Crippen molar-refractivity contribution in [3.05, 3.63) is 62.4 Å². The van der Waals surface area contributed by atoms with Gasteiger partial charge in [0, 0.05) is 42.9 Å². The molecule has 19 heteroatoms. The molecule has 17 nitrogen and oxygen atoms in total. The van der Waals surface area contributed by atoms with E-state index in [1.807, 2.05) is 0 Å². The Bertz CT molecular complexity index is 1690. The van der Waals surface area contributed by atoms with Gasteiger partial charge in [-0.25, -0.2) is 0 Å². The molecule has 4 rings (SSSR count). The number of halogens is 1. The number of anilines is 1. The number of aromatic amines is 2. The van der Waals surface area contributed by atoms with Crippen molar-refractivity contribution < 1.29 is 31.4 Å². The van der Waals surface area contributed by atoms with Crippen molar-refractivity contribution in [3.8, 4) is 0 Å². The molecule has 0 spiro atoms. The summed E-state index contributed by atoms with van der Waals surface area (Å²) in [6.45, 7) is 2.25. The van der Waals surface area contributed by atoms with Crippen molar-refractivity contribution in [1.82, 2.24) is 30.5 Å². The first-order valence-electron chi connectivity index (χ1n) is 13.5. The van der Waals surface area contributed by atoms with Gasteiger partial charge in [0.25, 0.3) is 11.5 Å². The third-order valence-corrected chi connectivity index (χ3v) is 7.57. The molecule has 6 N–H and O–H groups in total. The van der Waals surface area contributed by atoms with E-state index in [0.29, 0.717) is 37.3 Å². The number of carbonyl (C=O) groups excluding carboxylic acids is 2. The molecule has 0 saturated carbocycles. The largest absolute Gasteiger partial charge is 0.378 e. The summed E-state index contributed by atoms with van der Waals surface area (Å²) in [5.74, 6) is -1.03. The molecule has 236 valence electrons. The van der Waals surface area contributed by atoms with E-state index in [0.717, 1.165) is 29.8 Å². The van der Waals surface area contributed by atoms with Gasteiger partial charge in [0.1, 0.15) is 11.7 Å². The number of hydrogen-bond donors (Lipinski definition) is 5. The van der Waals surface area contributed by atoms with Gasteiger partial charge in [0.2, 0.25) is 11.9 Å². The predicted molar refractivity (Wildman–Crippen MR) is 155 cm³/mol. The molecule has 1 aromatic carbocycles. The number of hydrogen-bond acceptors (Lipinski definition) is 11. The van der Waals surface area contributed by atoms with E-state index in [9.17, 15) is 26.7 Å². The lowest BCUT2D eigenvalue weighted by molar-refractivity contribution is -0.125. The Morgan fingerprint density at radius 2 is 1.89 bits per heavy atom. The first-order chi connectivity index (χ1) is 21.1. The van der Waals surface area contributed by atoms with Crippen molar-refractivity contribution in [2.24, 2.45) is 5.11 Å².